The van der Waals surface area contributed by atoms with E-state index in [2.05, 4.69) is 25.5 Å². The molecule has 190 valence electrons. The molecule has 1 aromatic carbocycles. The van der Waals surface area contributed by atoms with Crippen LogP contribution in [-0.4, -0.2) is 41.7 Å². The first-order valence-electron chi connectivity index (χ1n) is 10.8. The lowest BCUT2D eigenvalue weighted by Crippen LogP contribution is -2.13. The van der Waals surface area contributed by atoms with Gasteiger partial charge >= 0.3 is 12.1 Å². The van der Waals surface area contributed by atoms with Gasteiger partial charge in [-0.1, -0.05) is 12.1 Å². The average Bonchev–Trinajstić information content (AvgIpc) is 3.34. The molecule has 0 aliphatic carbocycles. The SMILES string of the molecule is CC(C)n1cnnc1-c1cccc(NC(=O)c2cccc(Oc3cc(C(=O)O)cc(C(F)(F)F)n3)c2)n1. The van der Waals surface area contributed by atoms with Crippen LogP contribution in [0.1, 0.15) is 46.3 Å². The fourth-order valence-corrected chi connectivity index (χ4v) is 3.27. The van der Waals surface area contributed by atoms with E-state index >= 15 is 0 Å². The summed E-state index contributed by atoms with van der Waals surface area (Å²) in [5.41, 5.74) is -1.47. The number of nitrogens with one attached hydrogen (secondary N) is 1. The van der Waals surface area contributed by atoms with Gasteiger partial charge in [0, 0.05) is 17.7 Å². The number of aromatic nitrogens is 5. The number of carboxylic acid groups (broad SMARTS) is 1. The van der Waals surface area contributed by atoms with Crippen molar-refractivity contribution in [1.82, 2.24) is 24.7 Å². The molecule has 0 saturated heterocycles. The van der Waals surface area contributed by atoms with Crippen molar-refractivity contribution in [1.29, 1.82) is 0 Å². The summed E-state index contributed by atoms with van der Waals surface area (Å²) >= 11 is 0. The molecular weight excluding hydrogens is 493 g/mol. The molecule has 0 spiro atoms. The highest BCUT2D eigenvalue weighted by Gasteiger charge is 2.34. The van der Waals surface area contributed by atoms with Crippen LogP contribution in [0.25, 0.3) is 11.5 Å². The van der Waals surface area contributed by atoms with Crippen LogP contribution in [-0.2, 0) is 6.18 Å². The van der Waals surface area contributed by atoms with Gasteiger partial charge in [0.1, 0.15) is 29.3 Å². The van der Waals surface area contributed by atoms with E-state index in [-0.39, 0.29) is 23.2 Å². The van der Waals surface area contributed by atoms with Crippen molar-refractivity contribution >= 4 is 17.7 Å². The summed E-state index contributed by atoms with van der Waals surface area (Å²) in [4.78, 5) is 31.8. The summed E-state index contributed by atoms with van der Waals surface area (Å²) in [5, 5.41) is 19.8. The van der Waals surface area contributed by atoms with Crippen LogP contribution in [0, 0.1) is 0 Å². The van der Waals surface area contributed by atoms with E-state index in [1.165, 1.54) is 24.3 Å². The fourth-order valence-electron chi connectivity index (χ4n) is 3.27. The number of benzene rings is 1. The van der Waals surface area contributed by atoms with Gasteiger partial charge in [0.2, 0.25) is 5.88 Å². The van der Waals surface area contributed by atoms with Gasteiger partial charge < -0.3 is 19.7 Å². The Hall–Kier alpha value is -4.81. The lowest BCUT2D eigenvalue weighted by molar-refractivity contribution is -0.141. The predicted molar refractivity (Wildman–Crippen MR) is 124 cm³/mol. The van der Waals surface area contributed by atoms with Gasteiger partial charge in [-0.05, 0) is 50.2 Å². The Morgan fingerprint density at radius 2 is 1.78 bits per heavy atom. The fraction of sp³-hybridized carbons (Fsp3) is 0.167. The number of pyridine rings is 2. The van der Waals surface area contributed by atoms with Crippen molar-refractivity contribution in [2.75, 3.05) is 5.32 Å². The molecular formula is C24H19F3N6O4. The number of carbonyl (C=O) groups excluding carboxylic acids is 1. The molecule has 4 rings (SSSR count). The molecule has 0 unspecified atom stereocenters. The third kappa shape index (κ3) is 5.89. The maximum atomic E-state index is 13.1. The van der Waals surface area contributed by atoms with E-state index in [0.29, 0.717) is 17.6 Å². The summed E-state index contributed by atoms with van der Waals surface area (Å²) < 4.78 is 46.6. The number of nitrogens with zero attached hydrogens (tertiary/aromatic N) is 5. The molecule has 37 heavy (non-hydrogen) atoms. The third-order valence-electron chi connectivity index (χ3n) is 5.01. The van der Waals surface area contributed by atoms with E-state index in [4.69, 9.17) is 9.84 Å². The second-order valence-electron chi connectivity index (χ2n) is 8.03. The van der Waals surface area contributed by atoms with Crippen LogP contribution < -0.4 is 10.1 Å². The molecule has 0 aliphatic heterocycles. The Bertz CT molecular complexity index is 1470. The first-order valence-corrected chi connectivity index (χ1v) is 10.8. The van der Waals surface area contributed by atoms with Crippen molar-refractivity contribution < 1.29 is 32.6 Å². The molecule has 0 aliphatic rings. The number of anilines is 1. The number of ether oxygens (including phenoxy) is 1. The number of amides is 1. The van der Waals surface area contributed by atoms with Crippen molar-refractivity contribution in [2.45, 2.75) is 26.1 Å². The molecule has 10 nitrogen and oxygen atoms in total. The minimum absolute atomic E-state index is 0.0254. The molecule has 13 heteroatoms. The molecule has 0 saturated carbocycles. The number of halogens is 3. The van der Waals surface area contributed by atoms with Crippen LogP contribution in [0.4, 0.5) is 19.0 Å². The number of rotatable bonds is 7. The van der Waals surface area contributed by atoms with Gasteiger partial charge in [-0.25, -0.2) is 14.8 Å². The number of aromatic carboxylic acids is 1. The van der Waals surface area contributed by atoms with Gasteiger partial charge in [0.15, 0.2) is 5.82 Å². The Balaban J connectivity index is 1.55. The van der Waals surface area contributed by atoms with Crippen LogP contribution in [0.2, 0.25) is 0 Å². The monoisotopic (exact) mass is 512 g/mol. The molecule has 4 aromatic rings. The molecule has 0 bridgehead atoms. The zero-order valence-corrected chi connectivity index (χ0v) is 19.4. The second kappa shape index (κ2) is 10.0. The number of carbonyl (C=O) groups is 2. The number of alkyl halides is 3. The zero-order valence-electron chi connectivity index (χ0n) is 19.4. The zero-order chi connectivity index (χ0) is 26.7. The van der Waals surface area contributed by atoms with E-state index in [0.717, 1.165) is 6.07 Å². The van der Waals surface area contributed by atoms with Crippen LogP contribution in [0.5, 0.6) is 11.6 Å². The van der Waals surface area contributed by atoms with Crippen molar-refractivity contribution in [2.24, 2.45) is 0 Å². The largest absolute Gasteiger partial charge is 0.478 e. The number of hydrogen-bond donors (Lipinski definition) is 2. The standard InChI is InChI=1S/C24H19F3N6O4/c1-13(2)33-12-28-32-21(33)17-7-4-8-19(29-17)31-22(34)14-5-3-6-16(9-14)37-20-11-15(23(35)36)10-18(30-20)24(25,26)27/h3-13H,1-2H3,(H,35,36)(H,29,31,34). The summed E-state index contributed by atoms with van der Waals surface area (Å²) in [6, 6.07) is 11.9. The molecule has 0 radical (unpaired) electrons. The molecule has 3 aromatic heterocycles. The van der Waals surface area contributed by atoms with Gasteiger partial charge in [-0.2, -0.15) is 13.2 Å². The van der Waals surface area contributed by atoms with Gasteiger partial charge in [-0.3, -0.25) is 4.79 Å². The van der Waals surface area contributed by atoms with E-state index < -0.39 is 35.2 Å². The summed E-state index contributed by atoms with van der Waals surface area (Å²) in [6.07, 6.45) is -3.30. The average molecular weight is 512 g/mol. The Labute approximate surface area is 207 Å². The summed E-state index contributed by atoms with van der Waals surface area (Å²) in [5.74, 6) is -2.00. The Morgan fingerprint density at radius 1 is 1.03 bits per heavy atom. The highest BCUT2D eigenvalue weighted by molar-refractivity contribution is 6.04. The van der Waals surface area contributed by atoms with E-state index in [1.54, 1.807) is 24.5 Å². The minimum atomic E-state index is -4.88. The summed E-state index contributed by atoms with van der Waals surface area (Å²) in [7, 11) is 0. The number of carboxylic acids is 1. The first kappa shape index (κ1) is 25.3. The molecule has 1 amide bonds. The molecule has 0 atom stereocenters. The Kier molecular flexibility index (Phi) is 6.87. The quantitative estimate of drug-likeness (QED) is 0.351. The molecule has 3 heterocycles. The predicted octanol–water partition coefficient (Wildman–Crippen LogP) is 5.08. The Morgan fingerprint density at radius 3 is 2.49 bits per heavy atom. The van der Waals surface area contributed by atoms with Gasteiger partial charge in [-0.15, -0.1) is 10.2 Å². The van der Waals surface area contributed by atoms with Gasteiger partial charge in [0.25, 0.3) is 5.91 Å². The molecule has 0 fully saturated rings. The molecule has 2 N–H and O–H groups in total. The highest BCUT2D eigenvalue weighted by atomic mass is 19.4. The van der Waals surface area contributed by atoms with Crippen LogP contribution in [0.3, 0.4) is 0 Å². The normalized spacial score (nSPS) is 11.4. The van der Waals surface area contributed by atoms with E-state index in [1.807, 2.05) is 18.4 Å². The third-order valence-corrected chi connectivity index (χ3v) is 5.01. The van der Waals surface area contributed by atoms with Gasteiger partial charge in [0.05, 0.1) is 5.56 Å². The lowest BCUT2D eigenvalue weighted by atomic mass is 10.2. The highest BCUT2D eigenvalue weighted by Crippen LogP contribution is 2.31. The van der Waals surface area contributed by atoms with Crippen LogP contribution in [0.15, 0.2) is 60.9 Å². The van der Waals surface area contributed by atoms with Crippen LogP contribution >= 0.6 is 0 Å². The smallest absolute Gasteiger partial charge is 0.433 e. The lowest BCUT2D eigenvalue weighted by Gasteiger charge is -2.12. The topological polar surface area (TPSA) is 132 Å². The van der Waals surface area contributed by atoms with Crippen molar-refractivity contribution in [3.8, 4) is 23.1 Å². The van der Waals surface area contributed by atoms with E-state index in [9.17, 15) is 22.8 Å². The number of hydrogen-bond acceptors (Lipinski definition) is 7. The second-order valence-corrected chi connectivity index (χ2v) is 8.03. The summed E-state index contributed by atoms with van der Waals surface area (Å²) in [6.45, 7) is 3.93. The van der Waals surface area contributed by atoms with Crippen molar-refractivity contribution in [3.63, 3.8) is 0 Å². The maximum absolute atomic E-state index is 13.1. The minimum Gasteiger partial charge on any atom is -0.478 e. The maximum Gasteiger partial charge on any atom is 0.433 e. The van der Waals surface area contributed by atoms with Crippen molar-refractivity contribution in [3.05, 3.63) is 77.7 Å². The first-order chi connectivity index (χ1) is 17.5.